The zero-order valence-electron chi connectivity index (χ0n) is 13.5. The highest BCUT2D eigenvalue weighted by Crippen LogP contribution is 2.32. The van der Waals surface area contributed by atoms with Crippen molar-refractivity contribution in [3.8, 4) is 0 Å². The monoisotopic (exact) mass is 317 g/mol. The van der Waals surface area contributed by atoms with Gasteiger partial charge in [0.05, 0.1) is 5.92 Å². The number of carbonyl (C=O) groups excluding carboxylic acids is 2. The minimum atomic E-state index is -0.190. The molecule has 0 radical (unpaired) electrons. The maximum Gasteiger partial charge on any atom is 0.225 e. The zero-order chi connectivity index (χ0) is 16.0. The first kappa shape index (κ1) is 14.7. The third-order valence-corrected chi connectivity index (χ3v) is 5.24. The molecule has 7 heteroatoms. The average molecular weight is 317 g/mol. The van der Waals surface area contributed by atoms with E-state index in [0.29, 0.717) is 18.9 Å². The highest BCUT2D eigenvalue weighted by atomic mass is 16.2. The average Bonchev–Trinajstić information content (AvgIpc) is 3.17. The summed E-state index contributed by atoms with van der Waals surface area (Å²) in [4.78, 5) is 26.4. The molecule has 1 aromatic heterocycles. The van der Waals surface area contributed by atoms with E-state index < -0.39 is 0 Å². The van der Waals surface area contributed by atoms with Crippen LogP contribution in [-0.4, -0.2) is 50.6 Å². The van der Waals surface area contributed by atoms with Crippen molar-refractivity contribution in [1.29, 1.82) is 0 Å². The number of nitrogens with one attached hydrogen (secondary N) is 1. The van der Waals surface area contributed by atoms with E-state index >= 15 is 0 Å². The molecule has 0 aromatic carbocycles. The Morgan fingerprint density at radius 2 is 2.09 bits per heavy atom. The van der Waals surface area contributed by atoms with Gasteiger partial charge in [-0.2, -0.15) is 0 Å². The molecule has 1 saturated heterocycles. The summed E-state index contributed by atoms with van der Waals surface area (Å²) >= 11 is 0. The minimum absolute atomic E-state index is 0.0239. The van der Waals surface area contributed by atoms with Crippen LogP contribution in [0.25, 0.3) is 0 Å². The van der Waals surface area contributed by atoms with Crippen molar-refractivity contribution in [2.45, 2.75) is 51.6 Å². The Morgan fingerprint density at radius 3 is 2.87 bits per heavy atom. The third kappa shape index (κ3) is 2.96. The third-order valence-electron chi connectivity index (χ3n) is 5.24. The number of amides is 2. The van der Waals surface area contributed by atoms with Crippen molar-refractivity contribution in [2.75, 3.05) is 13.1 Å². The fraction of sp³-hybridized carbons (Fsp3) is 0.750. The molecule has 2 unspecified atom stereocenters. The molecule has 0 spiro atoms. The lowest BCUT2D eigenvalue weighted by atomic mass is 10.0. The number of fused-ring (bicyclic) bond motifs is 1. The van der Waals surface area contributed by atoms with Crippen LogP contribution in [0.3, 0.4) is 0 Å². The molecule has 1 aliphatic carbocycles. The first-order valence-electron chi connectivity index (χ1n) is 8.57. The summed E-state index contributed by atoms with van der Waals surface area (Å²) < 4.78 is 2.08. The fourth-order valence-corrected chi connectivity index (χ4v) is 3.64. The van der Waals surface area contributed by atoms with Gasteiger partial charge in [0.1, 0.15) is 11.6 Å². The van der Waals surface area contributed by atoms with Crippen LogP contribution in [-0.2, 0) is 22.6 Å². The van der Waals surface area contributed by atoms with Crippen LogP contribution >= 0.6 is 0 Å². The summed E-state index contributed by atoms with van der Waals surface area (Å²) in [5, 5.41) is 11.4. The summed E-state index contributed by atoms with van der Waals surface area (Å²) in [6.07, 6.45) is 4.54. The zero-order valence-corrected chi connectivity index (χ0v) is 13.5. The van der Waals surface area contributed by atoms with Gasteiger partial charge >= 0.3 is 0 Å². The molecular formula is C16H23N5O2. The van der Waals surface area contributed by atoms with Crippen molar-refractivity contribution >= 4 is 11.8 Å². The Hall–Kier alpha value is -1.92. The van der Waals surface area contributed by atoms with Gasteiger partial charge in [-0.15, -0.1) is 10.2 Å². The van der Waals surface area contributed by atoms with E-state index in [1.165, 1.54) is 12.8 Å². The molecule has 3 aliphatic rings. The second-order valence-corrected chi connectivity index (χ2v) is 7.16. The molecule has 1 aromatic rings. The number of aromatic nitrogens is 3. The summed E-state index contributed by atoms with van der Waals surface area (Å²) in [6.45, 7) is 4.10. The fourth-order valence-electron chi connectivity index (χ4n) is 3.64. The van der Waals surface area contributed by atoms with Crippen LogP contribution in [0.2, 0.25) is 0 Å². The molecule has 124 valence electrons. The van der Waals surface area contributed by atoms with E-state index in [-0.39, 0.29) is 23.8 Å². The normalized spacial score (nSPS) is 27.2. The smallest absolute Gasteiger partial charge is 0.225 e. The van der Waals surface area contributed by atoms with Crippen LogP contribution < -0.4 is 5.32 Å². The van der Waals surface area contributed by atoms with Gasteiger partial charge < -0.3 is 14.8 Å². The second kappa shape index (κ2) is 5.62. The van der Waals surface area contributed by atoms with Gasteiger partial charge in [0.25, 0.3) is 0 Å². The summed E-state index contributed by atoms with van der Waals surface area (Å²) in [5.74, 6) is 2.54. The first-order chi connectivity index (χ1) is 11.1. The van der Waals surface area contributed by atoms with E-state index in [4.69, 9.17) is 0 Å². The molecular weight excluding hydrogens is 294 g/mol. The Kier molecular flexibility index (Phi) is 3.58. The molecule has 1 saturated carbocycles. The van der Waals surface area contributed by atoms with Crippen LogP contribution in [0, 0.1) is 18.8 Å². The number of rotatable bonds is 4. The minimum Gasteiger partial charge on any atom is -0.351 e. The number of aryl methyl sites for hydroxylation is 2. The van der Waals surface area contributed by atoms with Gasteiger partial charge in [-0.3, -0.25) is 9.59 Å². The SMILES string of the molecule is Cc1nnc2n1CC(NC(=O)C1CC(=O)N(CC3CC3)C1)CC2. The molecule has 7 nitrogen and oxygen atoms in total. The number of hydrogen-bond donors (Lipinski definition) is 1. The lowest BCUT2D eigenvalue weighted by molar-refractivity contribution is -0.129. The molecule has 0 bridgehead atoms. The summed E-state index contributed by atoms with van der Waals surface area (Å²) in [5.41, 5.74) is 0. The van der Waals surface area contributed by atoms with Crippen LogP contribution in [0.1, 0.15) is 37.3 Å². The largest absolute Gasteiger partial charge is 0.351 e. The Labute approximate surface area is 135 Å². The van der Waals surface area contributed by atoms with Crippen LogP contribution in [0.5, 0.6) is 0 Å². The molecule has 1 N–H and O–H groups in total. The Balaban J connectivity index is 1.33. The number of hydrogen-bond acceptors (Lipinski definition) is 4. The summed E-state index contributed by atoms with van der Waals surface area (Å²) in [6, 6.07) is 0.109. The Morgan fingerprint density at radius 1 is 1.26 bits per heavy atom. The topological polar surface area (TPSA) is 80.1 Å². The molecule has 2 aliphatic heterocycles. The maximum atomic E-state index is 12.5. The Bertz CT molecular complexity index is 636. The van der Waals surface area contributed by atoms with E-state index in [9.17, 15) is 9.59 Å². The van der Waals surface area contributed by atoms with Gasteiger partial charge in [0.15, 0.2) is 0 Å². The standard InChI is InChI=1S/C16H23N5O2/c1-10-18-19-14-5-4-13(9-21(10)14)17-16(23)12-6-15(22)20(8-12)7-11-2-3-11/h11-13H,2-9H2,1H3,(H,17,23). The predicted molar refractivity (Wildman–Crippen MR) is 82.4 cm³/mol. The van der Waals surface area contributed by atoms with E-state index in [0.717, 1.165) is 37.6 Å². The summed E-state index contributed by atoms with van der Waals surface area (Å²) in [7, 11) is 0. The van der Waals surface area contributed by atoms with Crippen molar-refractivity contribution in [1.82, 2.24) is 25.0 Å². The van der Waals surface area contributed by atoms with Gasteiger partial charge in [-0.1, -0.05) is 0 Å². The second-order valence-electron chi connectivity index (χ2n) is 7.16. The van der Waals surface area contributed by atoms with Gasteiger partial charge in [-0.05, 0) is 32.1 Å². The van der Waals surface area contributed by atoms with Crippen molar-refractivity contribution in [3.05, 3.63) is 11.6 Å². The van der Waals surface area contributed by atoms with Gasteiger partial charge in [0, 0.05) is 38.5 Å². The number of likely N-dealkylation sites (tertiary alicyclic amines) is 1. The van der Waals surface area contributed by atoms with Crippen LogP contribution in [0.15, 0.2) is 0 Å². The predicted octanol–water partition coefficient (Wildman–Crippen LogP) is 0.276. The molecule has 4 rings (SSSR count). The quantitative estimate of drug-likeness (QED) is 0.865. The van der Waals surface area contributed by atoms with Gasteiger partial charge in [0.2, 0.25) is 11.8 Å². The van der Waals surface area contributed by atoms with Gasteiger partial charge in [-0.25, -0.2) is 0 Å². The molecule has 2 atom stereocenters. The lowest BCUT2D eigenvalue weighted by Crippen LogP contribution is -2.44. The van der Waals surface area contributed by atoms with Crippen LogP contribution in [0.4, 0.5) is 0 Å². The van der Waals surface area contributed by atoms with Crippen molar-refractivity contribution in [2.24, 2.45) is 11.8 Å². The van der Waals surface area contributed by atoms with Crippen molar-refractivity contribution < 1.29 is 9.59 Å². The molecule has 2 fully saturated rings. The van der Waals surface area contributed by atoms with E-state index in [2.05, 4.69) is 20.1 Å². The number of carbonyl (C=O) groups is 2. The molecule has 23 heavy (non-hydrogen) atoms. The highest BCUT2D eigenvalue weighted by molar-refractivity contribution is 5.89. The maximum absolute atomic E-state index is 12.5. The molecule has 3 heterocycles. The van der Waals surface area contributed by atoms with E-state index in [1.54, 1.807) is 0 Å². The van der Waals surface area contributed by atoms with Crippen molar-refractivity contribution in [3.63, 3.8) is 0 Å². The van der Waals surface area contributed by atoms with E-state index in [1.807, 2.05) is 11.8 Å². The molecule has 2 amide bonds. The first-order valence-corrected chi connectivity index (χ1v) is 8.57. The lowest BCUT2D eigenvalue weighted by Gasteiger charge is -2.26. The highest BCUT2D eigenvalue weighted by Gasteiger charge is 2.37. The number of nitrogens with zero attached hydrogens (tertiary/aromatic N) is 4.